The first-order valence-corrected chi connectivity index (χ1v) is 9.85. The molecule has 0 saturated carbocycles. The minimum Gasteiger partial charge on any atom is -0.493 e. The van der Waals surface area contributed by atoms with E-state index in [1.54, 1.807) is 14.2 Å². The van der Waals surface area contributed by atoms with Gasteiger partial charge in [0.05, 0.1) is 34.0 Å². The molecule has 1 heterocycles. The SMILES string of the molecule is CCNC(=NCc1ccc2c(c1)OCCCO2)NCc1ccc(OC)c(OC)c1. The fraction of sp³-hybridized carbons (Fsp3) is 0.409. The number of guanidine groups is 1. The standard InChI is InChI=1S/C22H29N3O4/c1-4-23-22(24-14-16-6-8-18(26-2)20(12-16)27-3)25-15-17-7-9-19-21(13-17)29-11-5-10-28-19/h6-9,12-13H,4-5,10-11,14-15H2,1-3H3,(H2,23,24,25). The van der Waals surface area contributed by atoms with E-state index in [9.17, 15) is 0 Å². The number of aliphatic imine (C=N–C) groups is 1. The molecule has 0 atom stereocenters. The second-order valence-corrected chi connectivity index (χ2v) is 6.57. The lowest BCUT2D eigenvalue weighted by Gasteiger charge is -2.13. The zero-order valence-electron chi connectivity index (χ0n) is 17.3. The summed E-state index contributed by atoms with van der Waals surface area (Å²) in [5.41, 5.74) is 2.14. The first-order valence-electron chi connectivity index (χ1n) is 9.85. The largest absolute Gasteiger partial charge is 0.493 e. The van der Waals surface area contributed by atoms with Gasteiger partial charge in [-0.15, -0.1) is 0 Å². The van der Waals surface area contributed by atoms with E-state index in [4.69, 9.17) is 18.9 Å². The molecule has 2 aromatic rings. The molecule has 2 N–H and O–H groups in total. The Morgan fingerprint density at radius 1 is 0.931 bits per heavy atom. The van der Waals surface area contributed by atoms with Gasteiger partial charge in [0.15, 0.2) is 29.0 Å². The molecule has 0 bridgehead atoms. The number of hydrogen-bond acceptors (Lipinski definition) is 5. The molecule has 0 aliphatic carbocycles. The van der Waals surface area contributed by atoms with E-state index in [0.717, 1.165) is 41.6 Å². The lowest BCUT2D eigenvalue weighted by molar-refractivity contribution is 0.297. The average molecular weight is 399 g/mol. The number of hydrogen-bond donors (Lipinski definition) is 2. The highest BCUT2D eigenvalue weighted by atomic mass is 16.5. The molecular weight excluding hydrogens is 370 g/mol. The van der Waals surface area contributed by atoms with Crippen LogP contribution in [0.15, 0.2) is 41.4 Å². The third kappa shape index (κ3) is 5.70. The maximum atomic E-state index is 5.76. The maximum Gasteiger partial charge on any atom is 0.191 e. The normalized spacial score (nSPS) is 13.4. The van der Waals surface area contributed by atoms with Gasteiger partial charge in [0, 0.05) is 19.5 Å². The first kappa shape index (κ1) is 20.6. The number of benzene rings is 2. The molecule has 1 aliphatic rings. The van der Waals surface area contributed by atoms with Gasteiger partial charge in [-0.25, -0.2) is 4.99 Å². The van der Waals surface area contributed by atoms with E-state index in [2.05, 4.69) is 15.6 Å². The minimum absolute atomic E-state index is 0.540. The lowest BCUT2D eigenvalue weighted by atomic mass is 10.2. The number of nitrogens with one attached hydrogen (secondary N) is 2. The molecule has 156 valence electrons. The topological polar surface area (TPSA) is 73.3 Å². The molecule has 0 fully saturated rings. The second-order valence-electron chi connectivity index (χ2n) is 6.57. The second kappa shape index (κ2) is 10.5. The monoisotopic (exact) mass is 399 g/mol. The Kier molecular flexibility index (Phi) is 7.44. The Morgan fingerprint density at radius 3 is 2.45 bits per heavy atom. The third-order valence-corrected chi connectivity index (χ3v) is 4.48. The molecule has 7 heteroatoms. The van der Waals surface area contributed by atoms with Gasteiger partial charge in [-0.1, -0.05) is 12.1 Å². The van der Waals surface area contributed by atoms with Crippen LogP contribution in [0.5, 0.6) is 23.0 Å². The van der Waals surface area contributed by atoms with Crippen LogP contribution in [0.25, 0.3) is 0 Å². The summed E-state index contributed by atoms with van der Waals surface area (Å²) in [6.45, 7) is 5.34. The van der Waals surface area contributed by atoms with Crippen molar-refractivity contribution in [2.45, 2.75) is 26.4 Å². The Bertz CT molecular complexity index is 839. The van der Waals surface area contributed by atoms with Crippen molar-refractivity contribution >= 4 is 5.96 Å². The van der Waals surface area contributed by atoms with Gasteiger partial charge in [0.1, 0.15) is 0 Å². The lowest BCUT2D eigenvalue weighted by Crippen LogP contribution is -2.36. The van der Waals surface area contributed by atoms with E-state index >= 15 is 0 Å². The molecule has 0 amide bonds. The molecule has 0 spiro atoms. The fourth-order valence-electron chi connectivity index (χ4n) is 2.99. The third-order valence-electron chi connectivity index (χ3n) is 4.48. The van der Waals surface area contributed by atoms with Crippen LogP contribution >= 0.6 is 0 Å². The molecule has 0 aromatic heterocycles. The molecule has 0 saturated heterocycles. The average Bonchev–Trinajstić information content (AvgIpc) is 3.00. The minimum atomic E-state index is 0.540. The number of rotatable bonds is 7. The number of methoxy groups -OCH3 is 2. The smallest absolute Gasteiger partial charge is 0.191 e. The van der Waals surface area contributed by atoms with E-state index in [0.29, 0.717) is 37.8 Å². The Balaban J connectivity index is 1.65. The summed E-state index contributed by atoms with van der Waals surface area (Å²) in [4.78, 5) is 4.69. The van der Waals surface area contributed by atoms with Crippen LogP contribution in [-0.4, -0.2) is 39.9 Å². The zero-order valence-corrected chi connectivity index (χ0v) is 17.3. The summed E-state index contributed by atoms with van der Waals surface area (Å²) < 4.78 is 22.1. The quantitative estimate of drug-likeness (QED) is 0.551. The summed E-state index contributed by atoms with van der Waals surface area (Å²) in [6.07, 6.45) is 0.896. The number of ether oxygens (including phenoxy) is 4. The van der Waals surface area contributed by atoms with Gasteiger partial charge < -0.3 is 29.6 Å². The Morgan fingerprint density at radius 2 is 1.69 bits per heavy atom. The molecular formula is C22H29N3O4. The number of fused-ring (bicyclic) bond motifs is 1. The van der Waals surface area contributed by atoms with Crippen LogP contribution in [0.2, 0.25) is 0 Å². The molecule has 3 rings (SSSR count). The van der Waals surface area contributed by atoms with Crippen molar-refractivity contribution in [2.75, 3.05) is 34.0 Å². The predicted octanol–water partition coefficient (Wildman–Crippen LogP) is 3.12. The van der Waals surface area contributed by atoms with Gasteiger partial charge in [0.2, 0.25) is 0 Å². The van der Waals surface area contributed by atoms with Gasteiger partial charge in [-0.05, 0) is 42.3 Å². The van der Waals surface area contributed by atoms with Crippen molar-refractivity contribution in [2.24, 2.45) is 4.99 Å². The predicted molar refractivity (Wildman–Crippen MR) is 113 cm³/mol. The highest BCUT2D eigenvalue weighted by molar-refractivity contribution is 5.79. The molecule has 0 radical (unpaired) electrons. The van der Waals surface area contributed by atoms with Gasteiger partial charge in [-0.2, -0.15) is 0 Å². The Hall–Kier alpha value is -3.09. The maximum absolute atomic E-state index is 5.76. The molecule has 2 aromatic carbocycles. The van der Waals surface area contributed by atoms with Crippen LogP contribution in [-0.2, 0) is 13.1 Å². The van der Waals surface area contributed by atoms with Gasteiger partial charge in [0.25, 0.3) is 0 Å². The molecule has 7 nitrogen and oxygen atoms in total. The van der Waals surface area contributed by atoms with Crippen LogP contribution in [0.1, 0.15) is 24.5 Å². The summed E-state index contributed by atoms with van der Waals surface area (Å²) >= 11 is 0. The fourth-order valence-corrected chi connectivity index (χ4v) is 2.99. The highest BCUT2D eigenvalue weighted by Gasteiger charge is 2.11. The van der Waals surface area contributed by atoms with E-state index in [1.807, 2.05) is 43.3 Å². The van der Waals surface area contributed by atoms with Crippen molar-refractivity contribution < 1.29 is 18.9 Å². The van der Waals surface area contributed by atoms with Gasteiger partial charge >= 0.3 is 0 Å². The highest BCUT2D eigenvalue weighted by Crippen LogP contribution is 2.30. The van der Waals surface area contributed by atoms with Crippen LogP contribution < -0.4 is 29.6 Å². The van der Waals surface area contributed by atoms with Crippen molar-refractivity contribution in [3.63, 3.8) is 0 Å². The van der Waals surface area contributed by atoms with E-state index in [-0.39, 0.29) is 0 Å². The van der Waals surface area contributed by atoms with Crippen molar-refractivity contribution in [1.82, 2.24) is 10.6 Å². The van der Waals surface area contributed by atoms with E-state index in [1.165, 1.54) is 0 Å². The Labute approximate surface area is 172 Å². The molecule has 29 heavy (non-hydrogen) atoms. The summed E-state index contributed by atoms with van der Waals surface area (Å²) in [6, 6.07) is 11.8. The van der Waals surface area contributed by atoms with Crippen molar-refractivity contribution in [3.8, 4) is 23.0 Å². The first-order chi connectivity index (χ1) is 14.2. The molecule has 0 unspecified atom stereocenters. The van der Waals surface area contributed by atoms with Crippen molar-refractivity contribution in [1.29, 1.82) is 0 Å². The summed E-state index contributed by atoms with van der Waals surface area (Å²) in [5.74, 6) is 3.76. The van der Waals surface area contributed by atoms with Gasteiger partial charge in [-0.3, -0.25) is 0 Å². The number of nitrogens with zero attached hydrogens (tertiary/aromatic N) is 1. The van der Waals surface area contributed by atoms with Crippen molar-refractivity contribution in [3.05, 3.63) is 47.5 Å². The van der Waals surface area contributed by atoms with Crippen LogP contribution in [0, 0.1) is 0 Å². The molecule has 1 aliphatic heterocycles. The van der Waals surface area contributed by atoms with E-state index < -0.39 is 0 Å². The van der Waals surface area contributed by atoms with Crippen LogP contribution in [0.4, 0.5) is 0 Å². The summed E-state index contributed by atoms with van der Waals surface area (Å²) in [7, 11) is 3.27. The summed E-state index contributed by atoms with van der Waals surface area (Å²) in [5, 5.41) is 6.63. The van der Waals surface area contributed by atoms with Crippen LogP contribution in [0.3, 0.4) is 0 Å². The zero-order chi connectivity index (χ0) is 20.5.